The maximum atomic E-state index is 12.3. The van der Waals surface area contributed by atoms with Crippen molar-refractivity contribution in [1.29, 1.82) is 0 Å². The summed E-state index contributed by atoms with van der Waals surface area (Å²) >= 11 is 0. The van der Waals surface area contributed by atoms with E-state index in [-0.39, 0.29) is 11.9 Å². The van der Waals surface area contributed by atoms with Crippen molar-refractivity contribution in [3.05, 3.63) is 24.0 Å². The summed E-state index contributed by atoms with van der Waals surface area (Å²) in [6, 6.07) is 3.89. The molecule has 3 nitrogen and oxygen atoms in total. The second-order valence-corrected chi connectivity index (χ2v) is 7.20. The van der Waals surface area contributed by atoms with Gasteiger partial charge in [0.1, 0.15) is 5.75 Å². The summed E-state index contributed by atoms with van der Waals surface area (Å²) in [5.74, 6) is 1.39. The number of aryl methyl sites for hydroxylation is 1. The SMILES string of the molecule is CCCCCCCc1ccc(OC(=O)C2CCC(CC)CC2)cn1. The molecule has 134 valence electrons. The third-order valence-electron chi connectivity index (χ3n) is 5.31. The molecule has 1 aromatic heterocycles. The van der Waals surface area contributed by atoms with Crippen molar-refractivity contribution in [3.63, 3.8) is 0 Å². The molecule has 0 spiro atoms. The minimum atomic E-state index is -0.0707. The summed E-state index contributed by atoms with van der Waals surface area (Å²) in [6.45, 7) is 4.47. The van der Waals surface area contributed by atoms with Gasteiger partial charge in [0.05, 0.1) is 12.1 Å². The van der Waals surface area contributed by atoms with Crippen LogP contribution in [0.15, 0.2) is 18.3 Å². The third kappa shape index (κ3) is 6.26. The molecule has 0 N–H and O–H groups in total. The second kappa shape index (κ2) is 10.5. The van der Waals surface area contributed by atoms with E-state index in [4.69, 9.17) is 4.74 Å². The topological polar surface area (TPSA) is 39.2 Å². The molecule has 2 rings (SSSR count). The highest BCUT2D eigenvalue weighted by Gasteiger charge is 2.26. The van der Waals surface area contributed by atoms with Crippen molar-refractivity contribution in [1.82, 2.24) is 4.98 Å². The predicted octanol–water partition coefficient (Wildman–Crippen LogP) is 5.72. The summed E-state index contributed by atoms with van der Waals surface area (Å²) in [5.41, 5.74) is 1.09. The van der Waals surface area contributed by atoms with Gasteiger partial charge in [-0.15, -0.1) is 0 Å². The van der Waals surface area contributed by atoms with Gasteiger partial charge in [0.15, 0.2) is 0 Å². The predicted molar refractivity (Wildman–Crippen MR) is 98.1 cm³/mol. The van der Waals surface area contributed by atoms with Crippen molar-refractivity contribution in [2.75, 3.05) is 0 Å². The Kier molecular flexibility index (Phi) is 8.27. The van der Waals surface area contributed by atoms with Crippen LogP contribution in [-0.4, -0.2) is 11.0 Å². The molecule has 0 aliphatic heterocycles. The smallest absolute Gasteiger partial charge is 0.314 e. The number of pyridine rings is 1. The Morgan fingerprint density at radius 1 is 1.08 bits per heavy atom. The van der Waals surface area contributed by atoms with Crippen LogP contribution in [0.5, 0.6) is 5.75 Å². The maximum absolute atomic E-state index is 12.3. The lowest BCUT2D eigenvalue weighted by Crippen LogP contribution is -2.25. The molecule has 0 aromatic carbocycles. The molecular formula is C21H33NO2. The van der Waals surface area contributed by atoms with Gasteiger partial charge in [0.25, 0.3) is 0 Å². The largest absolute Gasteiger partial charge is 0.425 e. The summed E-state index contributed by atoms with van der Waals surface area (Å²) < 4.78 is 5.53. The van der Waals surface area contributed by atoms with Crippen LogP contribution in [-0.2, 0) is 11.2 Å². The first-order chi connectivity index (χ1) is 11.7. The number of ether oxygens (including phenoxy) is 1. The Bertz CT molecular complexity index is 475. The minimum Gasteiger partial charge on any atom is -0.425 e. The van der Waals surface area contributed by atoms with E-state index in [1.807, 2.05) is 12.1 Å². The molecule has 1 heterocycles. The fourth-order valence-electron chi connectivity index (χ4n) is 3.53. The quantitative estimate of drug-likeness (QED) is 0.429. The van der Waals surface area contributed by atoms with E-state index >= 15 is 0 Å². The fraction of sp³-hybridized carbons (Fsp3) is 0.714. The Labute approximate surface area is 147 Å². The molecule has 0 atom stereocenters. The molecule has 24 heavy (non-hydrogen) atoms. The van der Waals surface area contributed by atoms with E-state index in [1.54, 1.807) is 6.20 Å². The van der Waals surface area contributed by atoms with Crippen LogP contribution >= 0.6 is 0 Å². The molecule has 1 saturated carbocycles. The molecule has 0 amide bonds. The van der Waals surface area contributed by atoms with Gasteiger partial charge in [-0.3, -0.25) is 9.78 Å². The summed E-state index contributed by atoms with van der Waals surface area (Å²) in [5, 5.41) is 0. The molecule has 1 fully saturated rings. The van der Waals surface area contributed by atoms with Crippen LogP contribution in [0, 0.1) is 11.8 Å². The van der Waals surface area contributed by atoms with Gasteiger partial charge in [-0.2, -0.15) is 0 Å². The minimum absolute atomic E-state index is 0.0707. The Hall–Kier alpha value is -1.38. The van der Waals surface area contributed by atoms with E-state index in [0.717, 1.165) is 43.7 Å². The van der Waals surface area contributed by atoms with E-state index in [0.29, 0.717) is 5.75 Å². The summed E-state index contributed by atoms with van der Waals surface area (Å²) in [4.78, 5) is 16.7. The van der Waals surface area contributed by atoms with Crippen LogP contribution in [0.1, 0.15) is 83.7 Å². The molecule has 1 aliphatic carbocycles. The maximum Gasteiger partial charge on any atom is 0.314 e. The van der Waals surface area contributed by atoms with Crippen molar-refractivity contribution >= 4 is 5.97 Å². The summed E-state index contributed by atoms with van der Waals surface area (Å²) in [7, 11) is 0. The molecular weight excluding hydrogens is 298 g/mol. The zero-order chi connectivity index (χ0) is 17.2. The number of unbranched alkanes of at least 4 members (excludes halogenated alkanes) is 4. The molecule has 1 aliphatic rings. The van der Waals surface area contributed by atoms with Crippen LogP contribution in [0.4, 0.5) is 0 Å². The van der Waals surface area contributed by atoms with Crippen molar-refractivity contribution in [3.8, 4) is 5.75 Å². The first-order valence-corrected chi connectivity index (χ1v) is 9.89. The number of esters is 1. The van der Waals surface area contributed by atoms with Crippen LogP contribution in [0.3, 0.4) is 0 Å². The highest BCUT2D eigenvalue weighted by atomic mass is 16.5. The molecule has 0 saturated heterocycles. The van der Waals surface area contributed by atoms with Crippen molar-refractivity contribution in [2.24, 2.45) is 11.8 Å². The number of aromatic nitrogens is 1. The number of nitrogens with zero attached hydrogens (tertiary/aromatic N) is 1. The van der Waals surface area contributed by atoms with Gasteiger partial charge in [-0.1, -0.05) is 46.0 Å². The standard InChI is InChI=1S/C21H33NO2/c1-3-5-6-7-8-9-19-14-15-20(16-22-19)24-21(23)18-12-10-17(4-2)11-13-18/h14-18H,3-13H2,1-2H3. The molecule has 1 aromatic rings. The van der Waals surface area contributed by atoms with Gasteiger partial charge in [0, 0.05) is 5.69 Å². The lowest BCUT2D eigenvalue weighted by atomic mass is 9.81. The Balaban J connectivity index is 1.72. The Morgan fingerprint density at radius 2 is 1.83 bits per heavy atom. The number of rotatable bonds is 9. The number of carbonyl (C=O) groups is 1. The third-order valence-corrected chi connectivity index (χ3v) is 5.31. The monoisotopic (exact) mass is 331 g/mol. The highest BCUT2D eigenvalue weighted by molar-refractivity contribution is 5.75. The number of carbonyl (C=O) groups excluding carboxylic acids is 1. The van der Waals surface area contributed by atoms with Crippen molar-refractivity contribution < 1.29 is 9.53 Å². The molecule has 0 bridgehead atoms. The number of hydrogen-bond donors (Lipinski definition) is 0. The average molecular weight is 332 g/mol. The van der Waals surface area contributed by atoms with Crippen LogP contribution in [0.25, 0.3) is 0 Å². The second-order valence-electron chi connectivity index (χ2n) is 7.20. The normalized spacial score (nSPS) is 20.8. The van der Waals surface area contributed by atoms with Gasteiger partial charge >= 0.3 is 5.97 Å². The van der Waals surface area contributed by atoms with Gasteiger partial charge in [0.2, 0.25) is 0 Å². The van der Waals surface area contributed by atoms with Crippen LogP contribution < -0.4 is 4.74 Å². The summed E-state index contributed by atoms with van der Waals surface area (Å²) in [6.07, 6.45) is 14.6. The molecule has 0 radical (unpaired) electrons. The lowest BCUT2D eigenvalue weighted by molar-refractivity contribution is -0.140. The molecule has 0 unspecified atom stereocenters. The van der Waals surface area contributed by atoms with Gasteiger partial charge in [-0.25, -0.2) is 0 Å². The highest BCUT2D eigenvalue weighted by Crippen LogP contribution is 2.31. The fourth-order valence-corrected chi connectivity index (χ4v) is 3.53. The lowest BCUT2D eigenvalue weighted by Gasteiger charge is -2.26. The van der Waals surface area contributed by atoms with Gasteiger partial charge in [-0.05, 0) is 56.6 Å². The zero-order valence-corrected chi connectivity index (χ0v) is 15.4. The van der Waals surface area contributed by atoms with E-state index in [1.165, 1.54) is 38.5 Å². The van der Waals surface area contributed by atoms with E-state index in [2.05, 4.69) is 18.8 Å². The zero-order valence-electron chi connectivity index (χ0n) is 15.4. The first-order valence-electron chi connectivity index (χ1n) is 9.89. The van der Waals surface area contributed by atoms with E-state index in [9.17, 15) is 4.79 Å². The van der Waals surface area contributed by atoms with Gasteiger partial charge < -0.3 is 4.74 Å². The van der Waals surface area contributed by atoms with Crippen LogP contribution in [0.2, 0.25) is 0 Å². The first kappa shape index (κ1) is 19.0. The van der Waals surface area contributed by atoms with E-state index < -0.39 is 0 Å². The Morgan fingerprint density at radius 3 is 2.46 bits per heavy atom. The van der Waals surface area contributed by atoms with Crippen molar-refractivity contribution in [2.45, 2.75) is 84.5 Å². The number of hydrogen-bond acceptors (Lipinski definition) is 3. The average Bonchev–Trinajstić information content (AvgIpc) is 2.63. The molecule has 3 heteroatoms.